The van der Waals surface area contributed by atoms with Gasteiger partial charge in [0.1, 0.15) is 6.61 Å². The van der Waals surface area contributed by atoms with Crippen LogP contribution in [-0.2, 0) is 21.0 Å². The van der Waals surface area contributed by atoms with Gasteiger partial charge in [-0.3, -0.25) is 9.63 Å². The molecule has 6 nitrogen and oxygen atoms in total. The summed E-state index contributed by atoms with van der Waals surface area (Å²) < 4.78 is 5.07. The lowest BCUT2D eigenvalue weighted by atomic mass is 10.2. The fourth-order valence-corrected chi connectivity index (χ4v) is 1.63. The van der Waals surface area contributed by atoms with Crippen LogP contribution in [0.4, 0.5) is 4.79 Å². The third kappa shape index (κ3) is 7.31. The molecule has 0 aromatic heterocycles. The Morgan fingerprint density at radius 1 is 1.19 bits per heavy atom. The molecular weight excluding hydrogens is 272 g/mol. The average molecular weight is 294 g/mol. The highest BCUT2D eigenvalue weighted by Gasteiger charge is 2.07. The summed E-state index contributed by atoms with van der Waals surface area (Å²) in [6, 6.07) is 9.48. The van der Waals surface area contributed by atoms with Crippen molar-refractivity contribution in [3.8, 4) is 0 Å². The number of alkyl carbamates (subject to hydrolysis) is 1. The summed E-state index contributed by atoms with van der Waals surface area (Å²) >= 11 is 0. The van der Waals surface area contributed by atoms with Crippen LogP contribution in [0.2, 0.25) is 0 Å². The normalized spacial score (nSPS) is 10.0. The van der Waals surface area contributed by atoms with Crippen molar-refractivity contribution in [1.82, 2.24) is 10.4 Å². The summed E-state index contributed by atoms with van der Waals surface area (Å²) in [4.78, 5) is 27.6. The van der Waals surface area contributed by atoms with E-state index in [0.717, 1.165) is 5.56 Å². The second kappa shape index (κ2) is 9.77. The smallest absolute Gasteiger partial charge is 0.407 e. The van der Waals surface area contributed by atoms with Crippen LogP contribution in [-0.4, -0.2) is 37.8 Å². The quantitative estimate of drug-likeness (QED) is 0.589. The summed E-state index contributed by atoms with van der Waals surface area (Å²) in [5, 5.41) is 3.85. The van der Waals surface area contributed by atoms with E-state index < -0.39 is 6.09 Å². The molecule has 1 N–H and O–H groups in total. The molecule has 0 atom stereocenters. The van der Waals surface area contributed by atoms with Gasteiger partial charge in [-0.05, 0) is 18.4 Å². The molecule has 0 saturated carbocycles. The summed E-state index contributed by atoms with van der Waals surface area (Å²) in [7, 11) is 3.02. The van der Waals surface area contributed by atoms with Gasteiger partial charge in [-0.1, -0.05) is 30.3 Å². The molecule has 0 aliphatic rings. The molecule has 0 saturated heterocycles. The Balaban J connectivity index is 2.05. The Hall–Kier alpha value is -2.08. The zero-order valence-corrected chi connectivity index (χ0v) is 12.5. The van der Waals surface area contributed by atoms with Crippen LogP contribution in [0.1, 0.15) is 24.8 Å². The van der Waals surface area contributed by atoms with E-state index in [1.165, 1.54) is 12.2 Å². The van der Waals surface area contributed by atoms with Gasteiger partial charge in [0.15, 0.2) is 0 Å². The second-order valence-electron chi connectivity index (χ2n) is 4.52. The lowest BCUT2D eigenvalue weighted by Gasteiger charge is -2.13. The zero-order chi connectivity index (χ0) is 15.5. The molecule has 6 heteroatoms. The molecule has 1 aromatic rings. The van der Waals surface area contributed by atoms with Crippen molar-refractivity contribution in [2.45, 2.75) is 25.9 Å². The van der Waals surface area contributed by atoms with E-state index in [1.807, 2.05) is 30.3 Å². The summed E-state index contributed by atoms with van der Waals surface area (Å²) in [5.41, 5.74) is 0.945. The van der Waals surface area contributed by atoms with Crippen molar-refractivity contribution >= 4 is 12.0 Å². The van der Waals surface area contributed by atoms with E-state index in [9.17, 15) is 9.59 Å². The van der Waals surface area contributed by atoms with E-state index in [2.05, 4.69) is 5.32 Å². The van der Waals surface area contributed by atoms with Crippen molar-refractivity contribution in [2.75, 3.05) is 20.7 Å². The Labute approximate surface area is 125 Å². The number of rotatable bonds is 8. The lowest BCUT2D eigenvalue weighted by Crippen LogP contribution is -2.27. The first-order valence-corrected chi connectivity index (χ1v) is 6.88. The van der Waals surface area contributed by atoms with E-state index in [1.54, 1.807) is 7.05 Å². The molecule has 0 heterocycles. The van der Waals surface area contributed by atoms with Crippen LogP contribution >= 0.6 is 0 Å². The topological polar surface area (TPSA) is 67.9 Å². The minimum Gasteiger partial charge on any atom is -0.445 e. The Morgan fingerprint density at radius 2 is 1.90 bits per heavy atom. The SMILES string of the molecule is CON(C)C(=O)CCCCNC(=O)OCc1ccccc1. The molecule has 0 aliphatic heterocycles. The van der Waals surface area contributed by atoms with E-state index in [-0.39, 0.29) is 12.5 Å². The second-order valence-corrected chi connectivity index (χ2v) is 4.52. The highest BCUT2D eigenvalue weighted by atomic mass is 16.7. The average Bonchev–Trinajstić information content (AvgIpc) is 2.52. The van der Waals surface area contributed by atoms with Crippen LogP contribution < -0.4 is 5.32 Å². The third-order valence-electron chi connectivity index (χ3n) is 2.92. The van der Waals surface area contributed by atoms with Gasteiger partial charge >= 0.3 is 6.09 Å². The van der Waals surface area contributed by atoms with Gasteiger partial charge in [0, 0.05) is 20.0 Å². The number of benzene rings is 1. The van der Waals surface area contributed by atoms with Gasteiger partial charge in [-0.2, -0.15) is 0 Å². The van der Waals surface area contributed by atoms with Crippen LogP contribution in [0.15, 0.2) is 30.3 Å². The van der Waals surface area contributed by atoms with Crippen LogP contribution in [0.5, 0.6) is 0 Å². The van der Waals surface area contributed by atoms with Gasteiger partial charge < -0.3 is 10.1 Å². The van der Waals surface area contributed by atoms with Crippen LogP contribution in [0.25, 0.3) is 0 Å². The maximum absolute atomic E-state index is 11.4. The molecular formula is C15H22N2O4. The number of hydrogen-bond acceptors (Lipinski definition) is 4. The number of hydroxylamine groups is 2. The Kier molecular flexibility index (Phi) is 7.89. The number of hydrogen-bond donors (Lipinski definition) is 1. The van der Waals surface area contributed by atoms with Crippen molar-refractivity contribution in [3.63, 3.8) is 0 Å². The zero-order valence-electron chi connectivity index (χ0n) is 12.5. The summed E-state index contributed by atoms with van der Waals surface area (Å²) in [6.07, 6.45) is 1.35. The molecule has 0 bridgehead atoms. The molecule has 116 valence electrons. The predicted molar refractivity (Wildman–Crippen MR) is 78.3 cm³/mol. The highest BCUT2D eigenvalue weighted by Crippen LogP contribution is 2.01. The summed E-state index contributed by atoms with van der Waals surface area (Å²) in [6.45, 7) is 0.737. The number of nitrogens with one attached hydrogen (secondary N) is 1. The first-order valence-electron chi connectivity index (χ1n) is 6.88. The largest absolute Gasteiger partial charge is 0.445 e. The number of nitrogens with zero attached hydrogens (tertiary/aromatic N) is 1. The van der Waals surface area contributed by atoms with Gasteiger partial charge in [-0.15, -0.1) is 0 Å². The number of unbranched alkanes of at least 4 members (excludes halogenated alkanes) is 1. The highest BCUT2D eigenvalue weighted by molar-refractivity contribution is 5.74. The Morgan fingerprint density at radius 3 is 2.57 bits per heavy atom. The number of amides is 2. The van der Waals surface area contributed by atoms with Crippen molar-refractivity contribution in [3.05, 3.63) is 35.9 Å². The van der Waals surface area contributed by atoms with Crippen molar-refractivity contribution in [2.24, 2.45) is 0 Å². The molecule has 0 radical (unpaired) electrons. The molecule has 1 aromatic carbocycles. The third-order valence-corrected chi connectivity index (χ3v) is 2.92. The minimum absolute atomic E-state index is 0.0795. The predicted octanol–water partition coefficient (Wildman–Crippen LogP) is 2.10. The van der Waals surface area contributed by atoms with Gasteiger partial charge in [0.2, 0.25) is 5.91 Å². The first-order chi connectivity index (χ1) is 10.1. The number of ether oxygens (including phenoxy) is 1. The molecule has 1 rings (SSSR count). The molecule has 0 spiro atoms. The van der Waals surface area contributed by atoms with Crippen LogP contribution in [0.3, 0.4) is 0 Å². The van der Waals surface area contributed by atoms with Crippen molar-refractivity contribution in [1.29, 1.82) is 0 Å². The van der Waals surface area contributed by atoms with Crippen molar-refractivity contribution < 1.29 is 19.2 Å². The molecule has 0 fully saturated rings. The van der Waals surface area contributed by atoms with E-state index >= 15 is 0 Å². The van der Waals surface area contributed by atoms with Gasteiger partial charge in [0.05, 0.1) is 7.11 Å². The molecule has 2 amide bonds. The van der Waals surface area contributed by atoms with E-state index in [0.29, 0.717) is 25.8 Å². The fourth-order valence-electron chi connectivity index (χ4n) is 1.63. The fraction of sp³-hybridized carbons (Fsp3) is 0.467. The Bertz CT molecular complexity index is 437. The monoisotopic (exact) mass is 294 g/mol. The van der Waals surface area contributed by atoms with Crippen LogP contribution in [0, 0.1) is 0 Å². The maximum Gasteiger partial charge on any atom is 0.407 e. The molecule has 0 unspecified atom stereocenters. The summed E-state index contributed by atoms with van der Waals surface area (Å²) in [5.74, 6) is -0.0795. The van der Waals surface area contributed by atoms with E-state index in [4.69, 9.17) is 9.57 Å². The van der Waals surface area contributed by atoms with Gasteiger partial charge in [-0.25, -0.2) is 9.86 Å². The number of carbonyl (C=O) groups excluding carboxylic acids is 2. The molecule has 0 aliphatic carbocycles. The minimum atomic E-state index is -0.445. The standard InChI is InChI=1S/C15H22N2O4/c1-17(20-2)14(18)10-6-7-11-16-15(19)21-12-13-8-4-3-5-9-13/h3-5,8-9H,6-7,10-12H2,1-2H3,(H,16,19). The molecule has 21 heavy (non-hydrogen) atoms. The lowest BCUT2D eigenvalue weighted by molar-refractivity contribution is -0.168. The first kappa shape index (κ1) is 17.0. The number of carbonyl (C=O) groups is 2. The van der Waals surface area contributed by atoms with Gasteiger partial charge in [0.25, 0.3) is 0 Å². The maximum atomic E-state index is 11.4.